The Kier molecular flexibility index (Phi) is 7.07. The molecule has 152 valence electrons. The predicted octanol–water partition coefficient (Wildman–Crippen LogP) is 4.66. The summed E-state index contributed by atoms with van der Waals surface area (Å²) >= 11 is 6.32. The van der Waals surface area contributed by atoms with E-state index in [2.05, 4.69) is 10.3 Å². The highest BCUT2D eigenvalue weighted by Crippen LogP contribution is 2.25. The lowest BCUT2D eigenvalue weighted by Crippen LogP contribution is -2.34. The van der Waals surface area contributed by atoms with Gasteiger partial charge in [0.05, 0.1) is 12.2 Å². The van der Waals surface area contributed by atoms with Crippen LogP contribution in [0.3, 0.4) is 0 Å². The third-order valence-corrected chi connectivity index (χ3v) is 5.18. The fourth-order valence-electron chi connectivity index (χ4n) is 3.11. The van der Waals surface area contributed by atoms with Crippen molar-refractivity contribution in [3.8, 4) is 11.3 Å². The van der Waals surface area contributed by atoms with E-state index in [9.17, 15) is 4.79 Å². The first-order valence-electron chi connectivity index (χ1n) is 9.63. The number of aromatic nitrogens is 1. The van der Waals surface area contributed by atoms with E-state index in [-0.39, 0.29) is 11.9 Å². The number of nitrogens with one attached hydrogen (secondary N) is 1. The van der Waals surface area contributed by atoms with Gasteiger partial charge in [0.1, 0.15) is 0 Å². The monoisotopic (exact) mass is 411 g/mol. The lowest BCUT2D eigenvalue weighted by Gasteiger charge is -2.26. The van der Waals surface area contributed by atoms with Gasteiger partial charge in [0.2, 0.25) is 5.91 Å². The second-order valence-corrected chi connectivity index (χ2v) is 7.70. The van der Waals surface area contributed by atoms with Gasteiger partial charge in [-0.25, -0.2) is 4.98 Å². The summed E-state index contributed by atoms with van der Waals surface area (Å²) in [6.07, 6.45) is 2.48. The molecule has 0 fully saturated rings. The molecule has 0 aliphatic carbocycles. The number of hydrogen-bond donors (Lipinski definition) is 1. The summed E-state index contributed by atoms with van der Waals surface area (Å²) in [6.45, 7) is 2.52. The Morgan fingerprint density at radius 2 is 1.90 bits per heavy atom. The molecule has 1 atom stereocenters. The Labute approximate surface area is 176 Å². The van der Waals surface area contributed by atoms with E-state index < -0.39 is 0 Å². The minimum Gasteiger partial charge on any atom is -0.441 e. The maximum atomic E-state index is 12.3. The highest BCUT2D eigenvalue weighted by molar-refractivity contribution is 6.31. The molecule has 0 spiro atoms. The van der Waals surface area contributed by atoms with Crippen LogP contribution in [0.5, 0.6) is 0 Å². The molecule has 1 heterocycles. The normalized spacial score (nSPS) is 12.2. The van der Waals surface area contributed by atoms with Gasteiger partial charge in [-0.2, -0.15) is 0 Å². The largest absolute Gasteiger partial charge is 0.441 e. The zero-order valence-corrected chi connectivity index (χ0v) is 17.7. The Morgan fingerprint density at radius 3 is 2.59 bits per heavy atom. The van der Waals surface area contributed by atoms with Crippen LogP contribution in [0.2, 0.25) is 5.02 Å². The molecular weight excluding hydrogens is 386 g/mol. The molecule has 29 heavy (non-hydrogen) atoms. The fourth-order valence-corrected chi connectivity index (χ4v) is 3.37. The number of amides is 1. The smallest absolute Gasteiger partial charge is 0.220 e. The highest BCUT2D eigenvalue weighted by atomic mass is 35.5. The lowest BCUT2D eigenvalue weighted by molar-refractivity contribution is -0.121. The lowest BCUT2D eigenvalue weighted by atomic mass is 10.1. The Bertz CT molecular complexity index is 951. The maximum Gasteiger partial charge on any atom is 0.220 e. The summed E-state index contributed by atoms with van der Waals surface area (Å²) in [5.41, 5.74) is 3.17. The molecule has 3 aromatic rings. The van der Waals surface area contributed by atoms with Crippen molar-refractivity contribution in [1.82, 2.24) is 15.2 Å². The quantitative estimate of drug-likeness (QED) is 0.585. The van der Waals surface area contributed by atoms with Gasteiger partial charge in [-0.05, 0) is 32.6 Å². The third kappa shape index (κ3) is 5.68. The number of rotatable bonds is 8. The molecule has 1 N–H and O–H groups in total. The van der Waals surface area contributed by atoms with Gasteiger partial charge in [-0.15, -0.1) is 0 Å². The molecule has 0 aliphatic rings. The molecule has 0 radical (unpaired) electrons. The molecule has 1 unspecified atom stereocenters. The fraction of sp³-hybridized carbons (Fsp3) is 0.304. The Hall–Kier alpha value is -2.63. The first-order chi connectivity index (χ1) is 13.9. The summed E-state index contributed by atoms with van der Waals surface area (Å²) in [7, 11) is 3.94. The van der Waals surface area contributed by atoms with Crippen molar-refractivity contribution in [2.45, 2.75) is 25.8 Å². The van der Waals surface area contributed by atoms with E-state index in [0.29, 0.717) is 36.1 Å². The maximum absolute atomic E-state index is 12.3. The van der Waals surface area contributed by atoms with E-state index in [0.717, 1.165) is 11.1 Å². The van der Waals surface area contributed by atoms with Crippen molar-refractivity contribution in [2.75, 3.05) is 20.6 Å². The van der Waals surface area contributed by atoms with Crippen LogP contribution in [0.1, 0.15) is 29.5 Å². The number of likely N-dealkylation sites (N-methyl/N-ethyl adjacent to an activating group) is 1. The van der Waals surface area contributed by atoms with Gasteiger partial charge in [-0.3, -0.25) is 4.79 Å². The second kappa shape index (κ2) is 9.72. The molecule has 0 saturated carbocycles. The van der Waals surface area contributed by atoms with E-state index in [1.54, 1.807) is 6.20 Å². The Morgan fingerprint density at radius 1 is 1.17 bits per heavy atom. The molecule has 0 aliphatic heterocycles. The summed E-state index contributed by atoms with van der Waals surface area (Å²) < 4.78 is 5.79. The molecule has 3 rings (SSSR count). The number of carbonyl (C=O) groups is 1. The van der Waals surface area contributed by atoms with Crippen molar-refractivity contribution in [2.24, 2.45) is 0 Å². The van der Waals surface area contributed by atoms with Gasteiger partial charge >= 0.3 is 0 Å². The number of hydrogen-bond acceptors (Lipinski definition) is 4. The van der Waals surface area contributed by atoms with Gasteiger partial charge in [0, 0.05) is 30.0 Å². The van der Waals surface area contributed by atoms with E-state index in [4.69, 9.17) is 16.0 Å². The first kappa shape index (κ1) is 21.1. The van der Waals surface area contributed by atoms with Crippen molar-refractivity contribution >= 4 is 17.5 Å². The van der Waals surface area contributed by atoms with Crippen molar-refractivity contribution in [3.05, 3.63) is 76.8 Å². The topological polar surface area (TPSA) is 58.4 Å². The van der Waals surface area contributed by atoms with Gasteiger partial charge in [0.25, 0.3) is 0 Å². The molecule has 0 saturated heterocycles. The van der Waals surface area contributed by atoms with Crippen LogP contribution in [0.25, 0.3) is 11.3 Å². The van der Waals surface area contributed by atoms with Crippen LogP contribution in [0.4, 0.5) is 0 Å². The third-order valence-electron chi connectivity index (χ3n) is 4.84. The zero-order chi connectivity index (χ0) is 20.8. The number of carbonyl (C=O) groups excluding carboxylic acids is 1. The predicted molar refractivity (Wildman–Crippen MR) is 116 cm³/mol. The molecule has 6 heteroatoms. The van der Waals surface area contributed by atoms with Crippen LogP contribution < -0.4 is 5.32 Å². The summed E-state index contributed by atoms with van der Waals surface area (Å²) in [5.74, 6) is 1.23. The summed E-state index contributed by atoms with van der Waals surface area (Å²) in [6, 6.07) is 15.8. The second-order valence-electron chi connectivity index (χ2n) is 7.29. The van der Waals surface area contributed by atoms with Crippen molar-refractivity contribution in [3.63, 3.8) is 0 Å². The molecule has 2 aromatic carbocycles. The Balaban J connectivity index is 1.53. The number of aryl methyl sites for hydroxylation is 2. The zero-order valence-electron chi connectivity index (χ0n) is 17.0. The molecule has 1 amide bonds. The summed E-state index contributed by atoms with van der Waals surface area (Å²) in [4.78, 5) is 18.7. The first-order valence-corrected chi connectivity index (χ1v) is 10.0. The SMILES string of the molecule is Cc1ccc(-c2cnc(CCC(=O)NCC(c3ccccc3Cl)N(C)C)o2)cc1. The van der Waals surface area contributed by atoms with Crippen molar-refractivity contribution in [1.29, 1.82) is 0 Å². The number of oxazole rings is 1. The molecule has 0 bridgehead atoms. The average Bonchev–Trinajstić information content (AvgIpc) is 3.17. The standard InChI is InChI=1S/C23H26ClN3O2/c1-16-8-10-17(11-9-16)21-15-26-23(29-21)13-12-22(28)25-14-20(27(2)3)18-6-4-5-7-19(18)24/h4-11,15,20H,12-14H2,1-3H3,(H,25,28). The minimum absolute atomic E-state index is 0.00234. The number of halogens is 1. The minimum atomic E-state index is -0.0426. The number of nitrogens with zero attached hydrogens (tertiary/aromatic N) is 2. The average molecular weight is 412 g/mol. The van der Waals surface area contributed by atoms with Crippen LogP contribution >= 0.6 is 11.6 Å². The van der Waals surface area contributed by atoms with Crippen LogP contribution in [-0.2, 0) is 11.2 Å². The summed E-state index contributed by atoms with van der Waals surface area (Å²) in [5, 5.41) is 3.69. The van der Waals surface area contributed by atoms with E-state index >= 15 is 0 Å². The van der Waals surface area contributed by atoms with Gasteiger partial charge in [0.15, 0.2) is 11.7 Å². The molecular formula is C23H26ClN3O2. The highest BCUT2D eigenvalue weighted by Gasteiger charge is 2.18. The molecule has 5 nitrogen and oxygen atoms in total. The van der Waals surface area contributed by atoms with Gasteiger partial charge in [-0.1, -0.05) is 59.6 Å². The van der Waals surface area contributed by atoms with Crippen LogP contribution in [0, 0.1) is 6.92 Å². The number of benzene rings is 2. The van der Waals surface area contributed by atoms with E-state index in [1.165, 1.54) is 5.56 Å². The van der Waals surface area contributed by atoms with Crippen LogP contribution in [0.15, 0.2) is 59.1 Å². The van der Waals surface area contributed by atoms with Gasteiger partial charge < -0.3 is 14.6 Å². The van der Waals surface area contributed by atoms with Crippen molar-refractivity contribution < 1.29 is 9.21 Å². The molecule has 1 aromatic heterocycles. The van der Waals surface area contributed by atoms with Crippen LogP contribution in [-0.4, -0.2) is 36.4 Å². The van der Waals surface area contributed by atoms with E-state index in [1.807, 2.05) is 74.4 Å².